The maximum Gasteiger partial charge on any atom is 0.142 e. The van der Waals surface area contributed by atoms with Crippen LogP contribution in [0.25, 0.3) is 0 Å². The van der Waals surface area contributed by atoms with Gasteiger partial charge < -0.3 is 14.2 Å². The van der Waals surface area contributed by atoms with Crippen LogP contribution in [-0.2, 0) is 13.0 Å². The van der Waals surface area contributed by atoms with Gasteiger partial charge in [0.15, 0.2) is 0 Å². The van der Waals surface area contributed by atoms with Crippen LogP contribution in [0.3, 0.4) is 0 Å². The zero-order valence-electron chi connectivity index (χ0n) is 15.7. The molecule has 5 heteroatoms. The zero-order valence-corrected chi connectivity index (χ0v) is 15.7. The third-order valence-corrected chi connectivity index (χ3v) is 5.02. The van der Waals surface area contributed by atoms with Gasteiger partial charge in [0.05, 0.1) is 12.3 Å². The fourth-order valence-corrected chi connectivity index (χ4v) is 3.62. The van der Waals surface area contributed by atoms with Crippen molar-refractivity contribution in [2.24, 2.45) is 0 Å². The summed E-state index contributed by atoms with van der Waals surface area (Å²) >= 11 is 0. The Balaban J connectivity index is 1.58. The number of hydrogen-bond donors (Lipinski definition) is 0. The lowest BCUT2D eigenvalue weighted by Gasteiger charge is -2.39. The predicted octanol–water partition coefficient (Wildman–Crippen LogP) is 3.05. The number of hydrogen-bond acceptors (Lipinski definition) is 4. The molecule has 0 bridgehead atoms. The molecule has 0 amide bonds. The summed E-state index contributed by atoms with van der Waals surface area (Å²) < 4.78 is 8.09. The number of para-hydroxylation sites is 2. The minimum Gasteiger partial charge on any atom is -0.492 e. The minimum atomic E-state index is 0.517. The Morgan fingerprint density at radius 3 is 2.60 bits per heavy atom. The number of piperazine rings is 1. The van der Waals surface area contributed by atoms with Crippen LogP contribution in [0.4, 0.5) is 5.69 Å². The zero-order chi connectivity index (χ0) is 17.6. The lowest BCUT2D eigenvalue weighted by atomic mass is 10.2. The molecular weight excluding hydrogens is 312 g/mol. The highest BCUT2D eigenvalue weighted by Crippen LogP contribution is 2.29. The van der Waals surface area contributed by atoms with Gasteiger partial charge >= 0.3 is 0 Å². The first-order chi connectivity index (χ1) is 12.2. The second kappa shape index (κ2) is 8.39. The summed E-state index contributed by atoms with van der Waals surface area (Å²) in [4.78, 5) is 9.46. The van der Waals surface area contributed by atoms with Gasteiger partial charge in [-0.1, -0.05) is 19.1 Å². The summed E-state index contributed by atoms with van der Waals surface area (Å²) in [5, 5.41) is 0. The molecular formula is C20H30N4O. The quantitative estimate of drug-likeness (QED) is 0.774. The Labute approximate surface area is 151 Å². The SMILES string of the molecule is CCOc1ccccc1N1CCN(C(C)Cn2ccnc2CC)CC1. The van der Waals surface area contributed by atoms with E-state index in [1.807, 2.05) is 19.2 Å². The van der Waals surface area contributed by atoms with E-state index in [1.54, 1.807) is 0 Å². The van der Waals surface area contributed by atoms with E-state index in [0.29, 0.717) is 12.6 Å². The van der Waals surface area contributed by atoms with Crippen LogP contribution < -0.4 is 9.64 Å². The minimum absolute atomic E-state index is 0.517. The van der Waals surface area contributed by atoms with Gasteiger partial charge in [-0.25, -0.2) is 4.98 Å². The third-order valence-electron chi connectivity index (χ3n) is 5.02. The van der Waals surface area contributed by atoms with E-state index in [2.05, 4.69) is 57.6 Å². The van der Waals surface area contributed by atoms with Crippen LogP contribution in [-0.4, -0.2) is 53.3 Å². The van der Waals surface area contributed by atoms with Crippen molar-refractivity contribution in [2.45, 2.75) is 39.8 Å². The highest BCUT2D eigenvalue weighted by molar-refractivity contribution is 5.58. The van der Waals surface area contributed by atoms with Crippen LogP contribution in [0.1, 0.15) is 26.6 Å². The fourth-order valence-electron chi connectivity index (χ4n) is 3.62. The molecule has 1 saturated heterocycles. The van der Waals surface area contributed by atoms with Crippen molar-refractivity contribution in [3.63, 3.8) is 0 Å². The third kappa shape index (κ3) is 4.15. The van der Waals surface area contributed by atoms with Gasteiger partial charge in [-0.3, -0.25) is 4.90 Å². The molecule has 3 rings (SSSR count). The molecule has 5 nitrogen and oxygen atoms in total. The number of imidazole rings is 1. The second-order valence-corrected chi connectivity index (χ2v) is 6.62. The molecule has 25 heavy (non-hydrogen) atoms. The molecule has 0 N–H and O–H groups in total. The highest BCUT2D eigenvalue weighted by atomic mass is 16.5. The summed E-state index contributed by atoms with van der Waals surface area (Å²) in [6.45, 7) is 12.5. The van der Waals surface area contributed by atoms with E-state index in [0.717, 1.165) is 44.9 Å². The Morgan fingerprint density at radius 2 is 1.88 bits per heavy atom. The number of aromatic nitrogens is 2. The molecule has 2 heterocycles. The van der Waals surface area contributed by atoms with Gasteiger partial charge in [-0.2, -0.15) is 0 Å². The highest BCUT2D eigenvalue weighted by Gasteiger charge is 2.23. The van der Waals surface area contributed by atoms with Crippen molar-refractivity contribution in [1.29, 1.82) is 0 Å². The van der Waals surface area contributed by atoms with Crippen LogP contribution >= 0.6 is 0 Å². The van der Waals surface area contributed by atoms with Crippen molar-refractivity contribution in [2.75, 3.05) is 37.7 Å². The van der Waals surface area contributed by atoms with Gasteiger partial charge in [-0.05, 0) is 26.0 Å². The Bertz CT molecular complexity index is 661. The van der Waals surface area contributed by atoms with Gasteiger partial charge in [0.1, 0.15) is 11.6 Å². The topological polar surface area (TPSA) is 33.5 Å². The van der Waals surface area contributed by atoms with Gasteiger partial charge in [0.25, 0.3) is 0 Å². The lowest BCUT2D eigenvalue weighted by molar-refractivity contribution is 0.179. The van der Waals surface area contributed by atoms with Crippen LogP contribution in [0.15, 0.2) is 36.7 Å². The number of ether oxygens (including phenoxy) is 1. The first kappa shape index (κ1) is 17.8. The molecule has 2 aromatic rings. The maximum atomic E-state index is 5.79. The summed E-state index contributed by atoms with van der Waals surface area (Å²) in [6, 6.07) is 8.90. The van der Waals surface area contributed by atoms with E-state index >= 15 is 0 Å². The molecule has 0 spiro atoms. The molecule has 1 aliphatic heterocycles. The number of rotatable bonds is 7. The average molecular weight is 342 g/mol. The van der Waals surface area contributed by atoms with Crippen molar-refractivity contribution < 1.29 is 4.74 Å². The van der Waals surface area contributed by atoms with E-state index < -0.39 is 0 Å². The van der Waals surface area contributed by atoms with Crippen molar-refractivity contribution in [1.82, 2.24) is 14.5 Å². The number of aryl methyl sites for hydroxylation is 1. The number of benzene rings is 1. The van der Waals surface area contributed by atoms with Crippen molar-refractivity contribution in [3.05, 3.63) is 42.5 Å². The second-order valence-electron chi connectivity index (χ2n) is 6.62. The van der Waals surface area contributed by atoms with Gasteiger partial charge in [-0.15, -0.1) is 0 Å². The predicted molar refractivity (Wildman–Crippen MR) is 102 cm³/mol. The van der Waals surface area contributed by atoms with E-state index in [9.17, 15) is 0 Å². The molecule has 0 saturated carbocycles. The molecule has 1 aromatic heterocycles. The van der Waals surface area contributed by atoms with E-state index in [1.165, 1.54) is 11.5 Å². The van der Waals surface area contributed by atoms with Crippen molar-refractivity contribution >= 4 is 5.69 Å². The molecule has 1 aromatic carbocycles. The van der Waals surface area contributed by atoms with Gasteiger partial charge in [0.2, 0.25) is 0 Å². The molecule has 1 aliphatic rings. The molecule has 136 valence electrons. The first-order valence-electron chi connectivity index (χ1n) is 9.43. The van der Waals surface area contributed by atoms with E-state index in [4.69, 9.17) is 4.74 Å². The Hall–Kier alpha value is -2.01. The average Bonchev–Trinajstić information content (AvgIpc) is 3.10. The standard InChI is InChI=1S/C20H30N4O/c1-4-20-21-10-11-24(20)16-17(3)22-12-14-23(15-13-22)18-8-6-7-9-19(18)25-5-2/h6-11,17H,4-5,12-16H2,1-3H3. The monoisotopic (exact) mass is 342 g/mol. The maximum absolute atomic E-state index is 5.79. The van der Waals surface area contributed by atoms with Crippen LogP contribution in [0.5, 0.6) is 5.75 Å². The molecule has 0 aliphatic carbocycles. The largest absolute Gasteiger partial charge is 0.492 e. The van der Waals surface area contributed by atoms with E-state index in [-0.39, 0.29) is 0 Å². The Kier molecular flexibility index (Phi) is 5.97. The van der Waals surface area contributed by atoms with Crippen LogP contribution in [0, 0.1) is 0 Å². The molecule has 1 unspecified atom stereocenters. The number of nitrogens with zero attached hydrogens (tertiary/aromatic N) is 4. The normalized spacial score (nSPS) is 16.8. The molecule has 0 radical (unpaired) electrons. The van der Waals surface area contributed by atoms with Gasteiger partial charge in [0, 0.05) is 57.6 Å². The van der Waals surface area contributed by atoms with Crippen LogP contribution in [0.2, 0.25) is 0 Å². The smallest absolute Gasteiger partial charge is 0.142 e. The first-order valence-corrected chi connectivity index (χ1v) is 9.43. The lowest BCUT2D eigenvalue weighted by Crippen LogP contribution is -2.50. The summed E-state index contributed by atoms with van der Waals surface area (Å²) in [5.41, 5.74) is 1.22. The summed E-state index contributed by atoms with van der Waals surface area (Å²) in [5.74, 6) is 2.17. The fraction of sp³-hybridized carbons (Fsp3) is 0.550. The number of anilines is 1. The molecule has 1 atom stereocenters. The summed E-state index contributed by atoms with van der Waals surface area (Å²) in [7, 11) is 0. The summed E-state index contributed by atoms with van der Waals surface area (Å²) in [6.07, 6.45) is 5.00. The molecule has 1 fully saturated rings. The van der Waals surface area contributed by atoms with Crippen molar-refractivity contribution in [3.8, 4) is 5.75 Å². The Morgan fingerprint density at radius 1 is 1.12 bits per heavy atom.